The molecule has 2 aliphatic rings. The van der Waals surface area contributed by atoms with E-state index in [-0.39, 0.29) is 13.0 Å². The highest BCUT2D eigenvalue weighted by molar-refractivity contribution is 8.00. The van der Waals surface area contributed by atoms with Crippen LogP contribution in [0.2, 0.25) is 0 Å². The molecule has 0 bridgehead atoms. The van der Waals surface area contributed by atoms with Gasteiger partial charge in [-0.3, -0.25) is 4.31 Å². The number of benzene rings is 2. The number of hydrogen-bond donors (Lipinski definition) is 1. The van der Waals surface area contributed by atoms with Gasteiger partial charge in [0.05, 0.1) is 18.9 Å². The van der Waals surface area contributed by atoms with E-state index in [9.17, 15) is 18.3 Å². The van der Waals surface area contributed by atoms with E-state index < -0.39 is 12.2 Å². The van der Waals surface area contributed by atoms with Gasteiger partial charge in [0, 0.05) is 23.7 Å². The van der Waals surface area contributed by atoms with Gasteiger partial charge in [0.15, 0.2) is 0 Å². The molecule has 1 fully saturated rings. The molecule has 1 saturated heterocycles. The predicted molar refractivity (Wildman–Crippen MR) is 124 cm³/mol. The molecule has 0 spiro atoms. The van der Waals surface area contributed by atoms with Crippen LogP contribution in [0.4, 0.5) is 18.9 Å². The van der Waals surface area contributed by atoms with Crippen molar-refractivity contribution in [2.45, 2.75) is 62.7 Å². The third-order valence-corrected chi connectivity index (χ3v) is 7.47. The van der Waals surface area contributed by atoms with E-state index in [4.69, 9.17) is 9.47 Å². The molecular weight excluding hydrogens is 451 g/mol. The van der Waals surface area contributed by atoms with E-state index in [1.807, 2.05) is 19.1 Å². The number of halogens is 3. The maximum atomic E-state index is 13.9. The molecule has 0 aromatic heterocycles. The fraction of sp³-hybridized carbons (Fsp3) is 0.520. The van der Waals surface area contributed by atoms with Crippen molar-refractivity contribution in [1.29, 1.82) is 0 Å². The molecule has 0 aliphatic carbocycles. The SMILES string of the molecule is CCc1ccc2c(c1)CCC(C(F)(F)F)N2Sc1ccc(OCC2CCOCC2)c(CO)c1. The van der Waals surface area contributed by atoms with E-state index >= 15 is 0 Å². The van der Waals surface area contributed by atoms with Gasteiger partial charge < -0.3 is 14.6 Å². The van der Waals surface area contributed by atoms with Crippen molar-refractivity contribution >= 4 is 17.6 Å². The lowest BCUT2D eigenvalue weighted by Gasteiger charge is -2.38. The number of fused-ring (bicyclic) bond motifs is 1. The van der Waals surface area contributed by atoms with Crippen LogP contribution in [0.15, 0.2) is 41.3 Å². The van der Waals surface area contributed by atoms with Crippen LogP contribution in [0, 0.1) is 5.92 Å². The maximum absolute atomic E-state index is 13.9. The summed E-state index contributed by atoms with van der Waals surface area (Å²) in [6.07, 6.45) is -1.18. The topological polar surface area (TPSA) is 41.9 Å². The molecule has 2 aromatic carbocycles. The lowest BCUT2D eigenvalue weighted by Crippen LogP contribution is -2.45. The quantitative estimate of drug-likeness (QED) is 0.496. The van der Waals surface area contributed by atoms with Crippen molar-refractivity contribution < 1.29 is 27.8 Å². The number of aryl methyl sites for hydroxylation is 2. The molecule has 2 aromatic rings. The van der Waals surface area contributed by atoms with Crippen molar-refractivity contribution in [2.24, 2.45) is 5.92 Å². The molecule has 0 amide bonds. The van der Waals surface area contributed by atoms with Crippen LogP contribution >= 0.6 is 11.9 Å². The highest BCUT2D eigenvalue weighted by Gasteiger charge is 2.46. The summed E-state index contributed by atoms with van der Waals surface area (Å²) in [5.74, 6) is 0.983. The standard InChI is InChI=1S/C25H30F3NO3S/c1-2-17-3-6-22-19(13-17)4-8-24(25(26,27)28)29(22)33-21-5-7-23(20(14-21)15-30)32-16-18-9-11-31-12-10-18/h3,5-7,13-14,18,24,30H,2,4,8-12,15-16H2,1H3. The van der Waals surface area contributed by atoms with Crippen molar-refractivity contribution in [3.63, 3.8) is 0 Å². The van der Waals surface area contributed by atoms with Crippen LogP contribution in [-0.2, 0) is 24.2 Å². The van der Waals surface area contributed by atoms with Gasteiger partial charge in [-0.1, -0.05) is 19.1 Å². The average Bonchev–Trinajstić information content (AvgIpc) is 2.82. The van der Waals surface area contributed by atoms with Crippen LogP contribution in [0.25, 0.3) is 0 Å². The minimum absolute atomic E-state index is 0.0236. The minimum atomic E-state index is -4.33. The number of ether oxygens (including phenoxy) is 2. The Balaban J connectivity index is 1.55. The van der Waals surface area contributed by atoms with Crippen LogP contribution in [0.3, 0.4) is 0 Å². The third-order valence-electron chi connectivity index (χ3n) is 6.36. The average molecular weight is 482 g/mol. The first kappa shape index (κ1) is 24.2. The van der Waals surface area contributed by atoms with E-state index in [1.165, 1.54) is 4.31 Å². The lowest BCUT2D eigenvalue weighted by atomic mass is 9.95. The van der Waals surface area contributed by atoms with Crippen molar-refractivity contribution in [2.75, 3.05) is 24.1 Å². The van der Waals surface area contributed by atoms with E-state index in [0.29, 0.717) is 40.8 Å². The largest absolute Gasteiger partial charge is 0.493 e. The Bertz CT molecular complexity index is 947. The first-order valence-electron chi connectivity index (χ1n) is 11.5. The number of nitrogens with zero attached hydrogens (tertiary/aromatic N) is 1. The summed E-state index contributed by atoms with van der Waals surface area (Å²) in [7, 11) is 0. The number of hydrogen-bond acceptors (Lipinski definition) is 5. The molecule has 2 heterocycles. The number of anilines is 1. The van der Waals surface area contributed by atoms with Crippen LogP contribution in [-0.4, -0.2) is 37.1 Å². The Morgan fingerprint density at radius 1 is 1.12 bits per heavy atom. The summed E-state index contributed by atoms with van der Waals surface area (Å²) in [4.78, 5) is 0.638. The van der Waals surface area contributed by atoms with Gasteiger partial charge in [-0.2, -0.15) is 13.2 Å². The fourth-order valence-corrected chi connectivity index (χ4v) is 5.55. The lowest BCUT2D eigenvalue weighted by molar-refractivity contribution is -0.147. The maximum Gasteiger partial charge on any atom is 0.409 e. The van der Waals surface area contributed by atoms with Crippen LogP contribution in [0.1, 0.15) is 42.9 Å². The number of aliphatic hydroxyl groups excluding tert-OH is 1. The molecule has 1 N–H and O–H groups in total. The first-order valence-corrected chi connectivity index (χ1v) is 12.3. The fourth-order valence-electron chi connectivity index (χ4n) is 4.37. The molecule has 180 valence electrons. The predicted octanol–water partition coefficient (Wildman–Crippen LogP) is 5.94. The van der Waals surface area contributed by atoms with Gasteiger partial charge in [-0.25, -0.2) is 0 Å². The zero-order chi connectivity index (χ0) is 23.4. The van der Waals surface area contributed by atoms with Crippen molar-refractivity contribution in [3.8, 4) is 5.75 Å². The minimum Gasteiger partial charge on any atom is -0.493 e. The van der Waals surface area contributed by atoms with E-state index in [0.717, 1.165) is 55.6 Å². The summed E-state index contributed by atoms with van der Waals surface area (Å²) in [6.45, 7) is 3.80. The monoisotopic (exact) mass is 481 g/mol. The Labute approximate surface area is 197 Å². The molecule has 1 atom stereocenters. The van der Waals surface area contributed by atoms with E-state index in [2.05, 4.69) is 0 Å². The molecule has 4 rings (SSSR count). The van der Waals surface area contributed by atoms with Gasteiger partial charge in [-0.15, -0.1) is 0 Å². The summed E-state index contributed by atoms with van der Waals surface area (Å²) in [5.41, 5.74) is 3.25. The first-order chi connectivity index (χ1) is 15.9. The summed E-state index contributed by atoms with van der Waals surface area (Å²) < 4.78 is 54.4. The third kappa shape index (κ3) is 5.78. The van der Waals surface area contributed by atoms with Crippen LogP contribution < -0.4 is 9.04 Å². The van der Waals surface area contributed by atoms with Crippen LogP contribution in [0.5, 0.6) is 5.75 Å². The second kappa shape index (κ2) is 10.6. The molecule has 8 heteroatoms. The Hall–Kier alpha value is -1.90. The Morgan fingerprint density at radius 2 is 1.91 bits per heavy atom. The summed E-state index contributed by atoms with van der Waals surface area (Å²) >= 11 is 1.07. The second-order valence-electron chi connectivity index (χ2n) is 8.62. The number of aliphatic hydroxyl groups is 1. The van der Waals surface area contributed by atoms with Gasteiger partial charge in [-0.05, 0) is 85.4 Å². The van der Waals surface area contributed by atoms with Crippen molar-refractivity contribution in [3.05, 3.63) is 53.1 Å². The zero-order valence-corrected chi connectivity index (χ0v) is 19.6. The normalized spacial score (nSPS) is 19.4. The molecule has 0 radical (unpaired) electrons. The smallest absolute Gasteiger partial charge is 0.409 e. The Kier molecular flexibility index (Phi) is 7.76. The highest BCUT2D eigenvalue weighted by Crippen LogP contribution is 2.44. The molecule has 2 aliphatic heterocycles. The zero-order valence-electron chi connectivity index (χ0n) is 18.7. The Morgan fingerprint density at radius 3 is 2.61 bits per heavy atom. The number of rotatable bonds is 7. The van der Waals surface area contributed by atoms with Crippen molar-refractivity contribution in [1.82, 2.24) is 0 Å². The van der Waals surface area contributed by atoms with Gasteiger partial charge >= 0.3 is 6.18 Å². The van der Waals surface area contributed by atoms with Gasteiger partial charge in [0.1, 0.15) is 11.8 Å². The highest BCUT2D eigenvalue weighted by atomic mass is 32.2. The molecule has 4 nitrogen and oxygen atoms in total. The second-order valence-corrected chi connectivity index (χ2v) is 9.67. The molecular formula is C25H30F3NO3S. The van der Waals surface area contributed by atoms with Gasteiger partial charge in [0.2, 0.25) is 0 Å². The number of alkyl halides is 3. The molecule has 33 heavy (non-hydrogen) atoms. The van der Waals surface area contributed by atoms with E-state index in [1.54, 1.807) is 24.3 Å². The summed E-state index contributed by atoms with van der Waals surface area (Å²) in [5, 5.41) is 9.88. The molecule has 0 saturated carbocycles. The summed E-state index contributed by atoms with van der Waals surface area (Å²) in [6, 6.07) is 9.40. The molecule has 1 unspecified atom stereocenters. The van der Waals surface area contributed by atoms with Gasteiger partial charge in [0.25, 0.3) is 0 Å².